The van der Waals surface area contributed by atoms with Crippen molar-refractivity contribution < 1.29 is 28.6 Å². The summed E-state index contributed by atoms with van der Waals surface area (Å²) < 4.78 is 25.8. The Morgan fingerprint density at radius 1 is 1.32 bits per heavy atom. The van der Waals surface area contributed by atoms with E-state index in [1.807, 2.05) is 0 Å². The van der Waals surface area contributed by atoms with Crippen molar-refractivity contribution in [3.63, 3.8) is 0 Å². The Bertz CT molecular complexity index is 503. The van der Waals surface area contributed by atoms with E-state index in [-0.39, 0.29) is 11.1 Å². The lowest BCUT2D eigenvalue weighted by Crippen LogP contribution is -2.15. The van der Waals surface area contributed by atoms with Crippen molar-refractivity contribution >= 4 is 27.7 Å². The molecule has 19 heavy (non-hydrogen) atoms. The van der Waals surface area contributed by atoms with Crippen molar-refractivity contribution in [3.8, 4) is 0 Å². The second-order valence-corrected chi connectivity index (χ2v) is 5.24. The molecule has 0 saturated carbocycles. The zero-order chi connectivity index (χ0) is 14.7. The molecular weight excluding hydrogens is 326 g/mol. The molecule has 0 fully saturated rings. The van der Waals surface area contributed by atoms with Crippen LogP contribution in [0.15, 0.2) is 18.2 Å². The van der Waals surface area contributed by atoms with Gasteiger partial charge in [0.2, 0.25) is 0 Å². The maximum absolute atomic E-state index is 12.9. The van der Waals surface area contributed by atoms with E-state index in [2.05, 4.69) is 15.9 Å². The lowest BCUT2D eigenvalue weighted by molar-refractivity contribution is -0.146. The first-order valence-corrected chi connectivity index (χ1v) is 6.18. The van der Waals surface area contributed by atoms with Crippen LogP contribution in [0.3, 0.4) is 0 Å². The highest BCUT2D eigenvalue weighted by Gasteiger charge is 2.24. The molecule has 7 heteroatoms. The van der Waals surface area contributed by atoms with Crippen molar-refractivity contribution in [3.05, 3.63) is 34.9 Å². The Hall–Kier alpha value is -1.34. The average Bonchev–Trinajstić information content (AvgIpc) is 2.35. The van der Waals surface area contributed by atoms with Gasteiger partial charge in [-0.05, 0) is 18.6 Å². The second kappa shape index (κ2) is 6.21. The minimum atomic E-state index is -2.94. The summed E-state index contributed by atoms with van der Waals surface area (Å²) in [6.45, 7) is 1.50. The van der Waals surface area contributed by atoms with Gasteiger partial charge in [-0.1, -0.05) is 28.1 Å². The number of benzene rings is 1. The molecule has 0 saturated heterocycles. The molecule has 4 nitrogen and oxygen atoms in total. The highest BCUT2D eigenvalue weighted by molar-refractivity contribution is 9.10. The monoisotopic (exact) mass is 336 g/mol. The van der Waals surface area contributed by atoms with Crippen molar-refractivity contribution in [2.45, 2.75) is 24.3 Å². The molecule has 2 N–H and O–H groups in total. The largest absolute Gasteiger partial charge is 0.479 e. The number of Topliss-reactive ketones (excluding diaryl/α,β-unsaturated/α-hetero) is 1. The summed E-state index contributed by atoms with van der Waals surface area (Å²) in [7, 11) is 0. The molecule has 0 amide bonds. The number of carbonyl (C=O) groups is 2. The summed E-state index contributed by atoms with van der Waals surface area (Å²) in [6.07, 6.45) is -4.84. The quantitative estimate of drug-likeness (QED) is 0.640. The summed E-state index contributed by atoms with van der Waals surface area (Å²) in [5.41, 5.74) is -0.976. The molecule has 2 atom stereocenters. The molecule has 0 aliphatic heterocycles. The summed E-state index contributed by atoms with van der Waals surface area (Å²) in [5, 5.41) is 17.9. The fraction of sp³-hybridized carbons (Fsp3) is 0.333. The van der Waals surface area contributed by atoms with Crippen molar-refractivity contribution in [1.29, 1.82) is 0 Å². The molecule has 2 unspecified atom stereocenters. The molecule has 104 valence electrons. The van der Waals surface area contributed by atoms with E-state index >= 15 is 0 Å². The Kier molecular flexibility index (Phi) is 5.13. The number of aliphatic carboxylic acids is 1. The number of hydrogen-bond donors (Lipinski definition) is 2. The molecule has 1 rings (SSSR count). The predicted octanol–water partition coefficient (Wildman–Crippen LogP) is 2.71. The van der Waals surface area contributed by atoms with E-state index in [0.717, 1.165) is 18.2 Å². The van der Waals surface area contributed by atoms with E-state index in [4.69, 9.17) is 5.11 Å². The first kappa shape index (κ1) is 15.7. The Morgan fingerprint density at radius 3 is 2.32 bits per heavy atom. The topological polar surface area (TPSA) is 74.6 Å². The molecule has 1 aromatic rings. The van der Waals surface area contributed by atoms with Crippen molar-refractivity contribution in [2.75, 3.05) is 0 Å². The summed E-state index contributed by atoms with van der Waals surface area (Å²) >= 11 is 2.99. The number of ketones is 1. The SMILES string of the molecule is CC(Br)C(=O)c1ccc(C(O)C(=O)O)cc1C(F)F. The lowest BCUT2D eigenvalue weighted by atomic mass is 9.97. The van der Waals surface area contributed by atoms with Crippen LogP contribution in [0.25, 0.3) is 0 Å². The number of aliphatic hydroxyl groups excluding tert-OH is 1. The van der Waals surface area contributed by atoms with Gasteiger partial charge in [-0.2, -0.15) is 0 Å². The fourth-order valence-electron chi connectivity index (χ4n) is 1.51. The highest BCUT2D eigenvalue weighted by atomic mass is 79.9. The molecule has 0 aromatic heterocycles. The minimum Gasteiger partial charge on any atom is -0.479 e. The maximum Gasteiger partial charge on any atom is 0.337 e. The number of alkyl halides is 3. The van der Waals surface area contributed by atoms with Gasteiger partial charge in [-0.25, -0.2) is 13.6 Å². The molecule has 0 radical (unpaired) electrons. The van der Waals surface area contributed by atoms with E-state index in [0.29, 0.717) is 0 Å². The Morgan fingerprint density at radius 2 is 1.89 bits per heavy atom. The zero-order valence-corrected chi connectivity index (χ0v) is 11.4. The first-order valence-electron chi connectivity index (χ1n) is 5.26. The molecule has 0 spiro atoms. The van der Waals surface area contributed by atoms with Gasteiger partial charge in [0.25, 0.3) is 6.43 Å². The van der Waals surface area contributed by atoms with E-state index in [1.165, 1.54) is 6.92 Å². The highest BCUT2D eigenvalue weighted by Crippen LogP contribution is 2.28. The van der Waals surface area contributed by atoms with Gasteiger partial charge in [-0.3, -0.25) is 4.79 Å². The maximum atomic E-state index is 12.9. The number of carboxylic acids is 1. The molecule has 0 heterocycles. The molecule has 1 aromatic carbocycles. The van der Waals surface area contributed by atoms with Crippen molar-refractivity contribution in [2.24, 2.45) is 0 Å². The standard InChI is InChI=1S/C12H11BrF2O4/c1-5(13)9(16)7-3-2-6(10(17)12(18)19)4-8(7)11(14)15/h2-5,10-11,17H,1H3,(H,18,19). The normalized spacial score (nSPS) is 14.2. The van der Waals surface area contributed by atoms with E-state index in [9.17, 15) is 23.5 Å². The van der Waals surface area contributed by atoms with Crippen LogP contribution in [-0.4, -0.2) is 26.8 Å². The summed E-state index contributed by atoms with van der Waals surface area (Å²) in [4.78, 5) is 21.7. The van der Waals surface area contributed by atoms with Gasteiger partial charge in [0.15, 0.2) is 11.9 Å². The van der Waals surface area contributed by atoms with Crippen LogP contribution in [-0.2, 0) is 4.79 Å². The van der Waals surface area contributed by atoms with E-state index in [1.54, 1.807) is 0 Å². The van der Waals surface area contributed by atoms with Crippen molar-refractivity contribution in [1.82, 2.24) is 0 Å². The average molecular weight is 337 g/mol. The van der Waals surface area contributed by atoms with Crippen LogP contribution in [0.4, 0.5) is 8.78 Å². The number of aliphatic hydroxyl groups is 1. The first-order chi connectivity index (χ1) is 8.75. The van der Waals surface area contributed by atoms with Gasteiger partial charge in [-0.15, -0.1) is 0 Å². The smallest absolute Gasteiger partial charge is 0.337 e. The number of carboxylic acid groups (broad SMARTS) is 1. The van der Waals surface area contributed by atoms with Crippen LogP contribution >= 0.6 is 15.9 Å². The third kappa shape index (κ3) is 3.57. The fourth-order valence-corrected chi connectivity index (χ4v) is 1.76. The van der Waals surface area contributed by atoms with Gasteiger partial charge < -0.3 is 10.2 Å². The number of hydrogen-bond acceptors (Lipinski definition) is 3. The van der Waals surface area contributed by atoms with Gasteiger partial charge in [0.05, 0.1) is 4.83 Å². The number of rotatable bonds is 5. The number of halogens is 3. The Labute approximate surface area is 116 Å². The van der Waals surface area contributed by atoms with Crippen LogP contribution in [0.5, 0.6) is 0 Å². The third-order valence-corrected chi connectivity index (χ3v) is 2.90. The number of carbonyl (C=O) groups excluding carboxylic acids is 1. The summed E-state index contributed by atoms with van der Waals surface area (Å²) in [5.74, 6) is -2.08. The molecule has 0 bridgehead atoms. The molecule has 0 aliphatic rings. The lowest BCUT2D eigenvalue weighted by Gasteiger charge is -2.13. The van der Waals surface area contributed by atoms with Gasteiger partial charge in [0, 0.05) is 11.1 Å². The second-order valence-electron chi connectivity index (χ2n) is 3.87. The van der Waals surface area contributed by atoms with Crippen LogP contribution < -0.4 is 0 Å². The van der Waals surface area contributed by atoms with Crippen LogP contribution in [0.1, 0.15) is 40.9 Å². The Balaban J connectivity index is 3.30. The van der Waals surface area contributed by atoms with Gasteiger partial charge >= 0.3 is 5.97 Å². The van der Waals surface area contributed by atoms with E-state index < -0.39 is 34.7 Å². The predicted molar refractivity (Wildman–Crippen MR) is 66.7 cm³/mol. The van der Waals surface area contributed by atoms with Crippen LogP contribution in [0.2, 0.25) is 0 Å². The molecular formula is C12H11BrF2O4. The minimum absolute atomic E-state index is 0.193. The third-order valence-electron chi connectivity index (χ3n) is 2.49. The zero-order valence-electron chi connectivity index (χ0n) is 9.81. The van der Waals surface area contributed by atoms with Gasteiger partial charge in [0.1, 0.15) is 0 Å². The summed E-state index contributed by atoms with van der Waals surface area (Å²) in [6, 6.07) is 3.09. The van der Waals surface area contributed by atoms with Crippen LogP contribution in [0, 0.1) is 0 Å². The molecule has 0 aliphatic carbocycles.